The number of carbonyl (C=O) groups is 1. The van der Waals surface area contributed by atoms with E-state index in [1.807, 2.05) is 6.92 Å². The largest absolute Gasteiger partial charge is 0.468 e. The SMILES string of the molecule is CCCCN(C)C(=O)CN(Cc1ccco1)S(C)(=O)=O. The number of carbonyl (C=O) groups excluding carboxylic acids is 1. The molecule has 0 saturated carbocycles. The van der Waals surface area contributed by atoms with Crippen molar-refractivity contribution in [2.75, 3.05) is 26.4 Å². The van der Waals surface area contributed by atoms with E-state index in [-0.39, 0.29) is 19.0 Å². The van der Waals surface area contributed by atoms with Crippen molar-refractivity contribution in [2.45, 2.75) is 26.3 Å². The van der Waals surface area contributed by atoms with Gasteiger partial charge in [-0.25, -0.2) is 8.42 Å². The molecular formula is C13H22N2O4S. The summed E-state index contributed by atoms with van der Waals surface area (Å²) in [6.45, 7) is 2.57. The van der Waals surface area contributed by atoms with Crippen LogP contribution in [-0.4, -0.2) is 49.9 Å². The molecule has 7 heteroatoms. The minimum absolute atomic E-state index is 0.0686. The van der Waals surface area contributed by atoms with E-state index in [1.165, 1.54) is 6.26 Å². The van der Waals surface area contributed by atoms with Crippen molar-refractivity contribution in [2.24, 2.45) is 0 Å². The summed E-state index contributed by atoms with van der Waals surface area (Å²) in [5, 5.41) is 0. The van der Waals surface area contributed by atoms with Gasteiger partial charge in [-0.15, -0.1) is 0 Å². The summed E-state index contributed by atoms with van der Waals surface area (Å²) >= 11 is 0. The fourth-order valence-corrected chi connectivity index (χ4v) is 2.37. The number of nitrogens with zero attached hydrogens (tertiary/aromatic N) is 2. The van der Waals surface area contributed by atoms with Gasteiger partial charge in [-0.3, -0.25) is 4.79 Å². The van der Waals surface area contributed by atoms with E-state index < -0.39 is 10.0 Å². The van der Waals surface area contributed by atoms with E-state index in [0.717, 1.165) is 23.4 Å². The molecule has 6 nitrogen and oxygen atoms in total. The first-order valence-corrected chi connectivity index (χ1v) is 8.41. The van der Waals surface area contributed by atoms with Crippen molar-refractivity contribution in [1.29, 1.82) is 0 Å². The predicted octanol–water partition coefficient (Wildman–Crippen LogP) is 1.30. The standard InChI is InChI=1S/C13H22N2O4S/c1-4-5-8-14(2)13(16)11-15(20(3,17)18)10-12-7-6-9-19-12/h6-7,9H,4-5,8,10-11H2,1-3H3. The molecule has 0 N–H and O–H groups in total. The number of hydrogen-bond acceptors (Lipinski definition) is 4. The number of likely N-dealkylation sites (N-methyl/N-ethyl adjacent to an activating group) is 1. The Kier molecular flexibility index (Phi) is 6.22. The summed E-state index contributed by atoms with van der Waals surface area (Å²) in [5.41, 5.74) is 0. The van der Waals surface area contributed by atoms with Gasteiger partial charge in [-0.2, -0.15) is 4.31 Å². The third kappa shape index (κ3) is 5.34. The number of unbranched alkanes of at least 4 members (excludes halogenated alkanes) is 1. The molecule has 1 heterocycles. The van der Waals surface area contributed by atoms with Crippen LogP contribution in [0.5, 0.6) is 0 Å². The Morgan fingerprint density at radius 1 is 1.40 bits per heavy atom. The van der Waals surface area contributed by atoms with Gasteiger partial charge in [-0.05, 0) is 18.6 Å². The van der Waals surface area contributed by atoms with Gasteiger partial charge in [0.2, 0.25) is 15.9 Å². The Bertz CT molecular complexity index is 510. The lowest BCUT2D eigenvalue weighted by Crippen LogP contribution is -2.40. The molecule has 0 spiro atoms. The number of rotatable bonds is 8. The predicted molar refractivity (Wildman–Crippen MR) is 76.5 cm³/mol. The molecule has 0 fully saturated rings. The first kappa shape index (κ1) is 16.7. The Morgan fingerprint density at radius 2 is 2.10 bits per heavy atom. The summed E-state index contributed by atoms with van der Waals surface area (Å²) in [6.07, 6.45) is 4.46. The molecule has 20 heavy (non-hydrogen) atoms. The molecule has 1 rings (SSSR count). The second kappa shape index (κ2) is 7.44. The molecule has 0 bridgehead atoms. The summed E-state index contributed by atoms with van der Waals surface area (Å²) in [5.74, 6) is 0.301. The number of amides is 1. The minimum Gasteiger partial charge on any atom is -0.468 e. The second-order valence-electron chi connectivity index (χ2n) is 4.78. The van der Waals surface area contributed by atoms with Crippen LogP contribution in [0.3, 0.4) is 0 Å². The Balaban J connectivity index is 2.68. The lowest BCUT2D eigenvalue weighted by molar-refractivity contribution is -0.130. The van der Waals surface area contributed by atoms with Crippen LogP contribution >= 0.6 is 0 Å². The van der Waals surface area contributed by atoms with Gasteiger partial charge in [0.1, 0.15) is 5.76 Å². The van der Waals surface area contributed by atoms with Crippen LogP contribution in [-0.2, 0) is 21.4 Å². The number of hydrogen-bond donors (Lipinski definition) is 0. The fourth-order valence-electron chi connectivity index (χ4n) is 1.66. The number of sulfonamides is 1. The van der Waals surface area contributed by atoms with E-state index in [1.54, 1.807) is 24.1 Å². The second-order valence-corrected chi connectivity index (χ2v) is 6.76. The molecule has 1 aromatic heterocycles. The molecule has 0 aliphatic carbocycles. The molecule has 0 unspecified atom stereocenters. The average Bonchev–Trinajstić information content (AvgIpc) is 2.86. The van der Waals surface area contributed by atoms with E-state index in [9.17, 15) is 13.2 Å². The Labute approximate surface area is 120 Å². The van der Waals surface area contributed by atoms with Crippen LogP contribution in [0.1, 0.15) is 25.5 Å². The summed E-state index contributed by atoms with van der Waals surface area (Å²) in [4.78, 5) is 13.6. The lowest BCUT2D eigenvalue weighted by Gasteiger charge is -2.22. The van der Waals surface area contributed by atoms with Crippen molar-refractivity contribution in [3.8, 4) is 0 Å². The molecule has 0 saturated heterocycles. The molecule has 0 radical (unpaired) electrons. The Hall–Kier alpha value is -1.34. The van der Waals surface area contributed by atoms with Gasteiger partial charge in [0.15, 0.2) is 0 Å². The highest BCUT2D eigenvalue weighted by molar-refractivity contribution is 7.88. The number of furan rings is 1. The zero-order valence-electron chi connectivity index (χ0n) is 12.2. The average molecular weight is 302 g/mol. The first-order chi connectivity index (χ1) is 9.34. The van der Waals surface area contributed by atoms with Crippen LogP contribution in [0.15, 0.2) is 22.8 Å². The summed E-state index contributed by atoms with van der Waals surface area (Å²) in [6, 6.07) is 3.37. The smallest absolute Gasteiger partial charge is 0.237 e. The van der Waals surface area contributed by atoms with Crippen LogP contribution in [0.4, 0.5) is 0 Å². The van der Waals surface area contributed by atoms with Crippen LogP contribution in [0.2, 0.25) is 0 Å². The Morgan fingerprint density at radius 3 is 2.60 bits per heavy atom. The molecule has 0 aliphatic rings. The highest BCUT2D eigenvalue weighted by Gasteiger charge is 2.23. The monoisotopic (exact) mass is 302 g/mol. The minimum atomic E-state index is -3.46. The summed E-state index contributed by atoms with van der Waals surface area (Å²) < 4.78 is 29.7. The topological polar surface area (TPSA) is 70.8 Å². The fraction of sp³-hybridized carbons (Fsp3) is 0.615. The zero-order valence-corrected chi connectivity index (χ0v) is 13.0. The van der Waals surface area contributed by atoms with E-state index >= 15 is 0 Å². The third-order valence-corrected chi connectivity index (χ3v) is 4.16. The maximum absolute atomic E-state index is 12.0. The van der Waals surface area contributed by atoms with Gasteiger partial charge in [0.05, 0.1) is 25.6 Å². The molecule has 1 aromatic rings. The van der Waals surface area contributed by atoms with Crippen LogP contribution < -0.4 is 0 Å². The van der Waals surface area contributed by atoms with Gasteiger partial charge in [0, 0.05) is 13.6 Å². The molecular weight excluding hydrogens is 280 g/mol. The van der Waals surface area contributed by atoms with Gasteiger partial charge in [-0.1, -0.05) is 13.3 Å². The van der Waals surface area contributed by atoms with E-state index in [4.69, 9.17) is 4.42 Å². The lowest BCUT2D eigenvalue weighted by atomic mass is 10.3. The van der Waals surface area contributed by atoms with Crippen molar-refractivity contribution >= 4 is 15.9 Å². The molecule has 0 aliphatic heterocycles. The van der Waals surface area contributed by atoms with Crippen LogP contribution in [0.25, 0.3) is 0 Å². The van der Waals surface area contributed by atoms with Crippen LogP contribution in [0, 0.1) is 0 Å². The van der Waals surface area contributed by atoms with Crippen molar-refractivity contribution in [1.82, 2.24) is 9.21 Å². The maximum atomic E-state index is 12.0. The third-order valence-electron chi connectivity index (χ3n) is 2.97. The van der Waals surface area contributed by atoms with Crippen molar-refractivity contribution in [3.63, 3.8) is 0 Å². The maximum Gasteiger partial charge on any atom is 0.237 e. The van der Waals surface area contributed by atoms with Gasteiger partial charge >= 0.3 is 0 Å². The van der Waals surface area contributed by atoms with Gasteiger partial charge < -0.3 is 9.32 Å². The summed E-state index contributed by atoms with van der Waals surface area (Å²) in [7, 11) is -1.78. The quantitative estimate of drug-likeness (QED) is 0.725. The molecule has 0 atom stereocenters. The van der Waals surface area contributed by atoms with Gasteiger partial charge in [0.25, 0.3) is 0 Å². The van der Waals surface area contributed by atoms with E-state index in [2.05, 4.69) is 0 Å². The highest BCUT2D eigenvalue weighted by Crippen LogP contribution is 2.09. The molecule has 1 amide bonds. The first-order valence-electron chi connectivity index (χ1n) is 6.56. The normalized spacial score (nSPS) is 11.8. The highest BCUT2D eigenvalue weighted by atomic mass is 32.2. The van der Waals surface area contributed by atoms with Crippen molar-refractivity contribution in [3.05, 3.63) is 24.2 Å². The van der Waals surface area contributed by atoms with Crippen molar-refractivity contribution < 1.29 is 17.6 Å². The molecule has 114 valence electrons. The molecule has 0 aromatic carbocycles. The van der Waals surface area contributed by atoms with E-state index in [0.29, 0.717) is 12.3 Å². The zero-order chi connectivity index (χ0) is 15.2.